The second kappa shape index (κ2) is 7.59. The SMILES string of the molecule is c1ccc(-c2cc(-c3cccnc3)nn2-c2ccc(-n3ccc4cccnc43)cc2)nc1. The third kappa shape index (κ3) is 3.15. The summed E-state index contributed by atoms with van der Waals surface area (Å²) in [5.74, 6) is 0. The minimum atomic E-state index is 0.850. The Morgan fingerprint density at radius 1 is 0.656 bits per heavy atom. The van der Waals surface area contributed by atoms with Crippen molar-refractivity contribution in [3.8, 4) is 34.0 Å². The van der Waals surface area contributed by atoms with Crippen molar-refractivity contribution >= 4 is 11.0 Å². The Balaban J connectivity index is 1.45. The molecule has 0 aliphatic heterocycles. The summed E-state index contributed by atoms with van der Waals surface area (Å²) in [6.07, 6.45) is 9.24. The van der Waals surface area contributed by atoms with E-state index in [1.807, 2.05) is 59.7 Å². The molecule has 0 fully saturated rings. The Kier molecular flexibility index (Phi) is 4.32. The van der Waals surface area contributed by atoms with Gasteiger partial charge in [-0.15, -0.1) is 0 Å². The normalized spacial score (nSPS) is 11.1. The molecule has 5 aromatic heterocycles. The molecule has 1 aromatic carbocycles. The van der Waals surface area contributed by atoms with E-state index in [9.17, 15) is 0 Å². The molecular formula is C26H18N6. The number of benzene rings is 1. The van der Waals surface area contributed by atoms with Crippen molar-refractivity contribution in [3.63, 3.8) is 0 Å². The van der Waals surface area contributed by atoms with Gasteiger partial charge in [0.1, 0.15) is 5.65 Å². The quantitative estimate of drug-likeness (QED) is 0.391. The fraction of sp³-hybridized carbons (Fsp3) is 0. The van der Waals surface area contributed by atoms with Gasteiger partial charge in [0.25, 0.3) is 0 Å². The first kappa shape index (κ1) is 18.2. The fourth-order valence-electron chi connectivity index (χ4n) is 3.86. The van der Waals surface area contributed by atoms with Gasteiger partial charge in [-0.3, -0.25) is 9.97 Å². The van der Waals surface area contributed by atoms with E-state index >= 15 is 0 Å². The second-order valence-electron chi connectivity index (χ2n) is 7.40. The van der Waals surface area contributed by atoms with E-state index in [0.717, 1.165) is 45.1 Å². The van der Waals surface area contributed by atoms with Crippen molar-refractivity contribution in [1.82, 2.24) is 29.3 Å². The highest BCUT2D eigenvalue weighted by Gasteiger charge is 2.14. The number of hydrogen-bond acceptors (Lipinski definition) is 4. The second-order valence-corrected chi connectivity index (χ2v) is 7.40. The van der Waals surface area contributed by atoms with E-state index < -0.39 is 0 Å². The van der Waals surface area contributed by atoms with Crippen LogP contribution in [0.3, 0.4) is 0 Å². The molecule has 5 heterocycles. The predicted molar refractivity (Wildman–Crippen MR) is 125 cm³/mol. The topological polar surface area (TPSA) is 61.4 Å². The average molecular weight is 414 g/mol. The van der Waals surface area contributed by atoms with Crippen molar-refractivity contribution in [2.45, 2.75) is 0 Å². The lowest BCUT2D eigenvalue weighted by atomic mass is 10.2. The summed E-state index contributed by atoms with van der Waals surface area (Å²) < 4.78 is 4.02. The van der Waals surface area contributed by atoms with Crippen molar-refractivity contribution in [1.29, 1.82) is 0 Å². The number of rotatable bonds is 4. The maximum absolute atomic E-state index is 4.89. The van der Waals surface area contributed by atoms with Gasteiger partial charge < -0.3 is 4.57 Å². The highest BCUT2D eigenvalue weighted by Crippen LogP contribution is 2.28. The van der Waals surface area contributed by atoms with Gasteiger partial charge in [0.15, 0.2) is 0 Å². The Bertz CT molecular complexity index is 1500. The van der Waals surface area contributed by atoms with Crippen molar-refractivity contribution in [2.75, 3.05) is 0 Å². The molecule has 0 aliphatic rings. The molecule has 0 amide bonds. The molecule has 0 bridgehead atoms. The van der Waals surface area contributed by atoms with Crippen LogP contribution in [0.15, 0.2) is 110 Å². The van der Waals surface area contributed by atoms with Crippen molar-refractivity contribution in [3.05, 3.63) is 110 Å². The summed E-state index contributed by atoms with van der Waals surface area (Å²) in [4.78, 5) is 13.3. The largest absolute Gasteiger partial charge is 0.301 e. The number of hydrogen-bond donors (Lipinski definition) is 0. The molecule has 6 heteroatoms. The lowest BCUT2D eigenvalue weighted by molar-refractivity contribution is 0.886. The molecule has 0 aliphatic carbocycles. The van der Waals surface area contributed by atoms with E-state index in [-0.39, 0.29) is 0 Å². The first-order chi connectivity index (χ1) is 15.9. The van der Waals surface area contributed by atoms with Crippen LogP contribution < -0.4 is 0 Å². The molecule has 0 saturated heterocycles. The minimum absolute atomic E-state index is 0.850. The Morgan fingerprint density at radius 2 is 1.50 bits per heavy atom. The zero-order chi connectivity index (χ0) is 21.3. The number of nitrogens with zero attached hydrogens (tertiary/aromatic N) is 6. The van der Waals surface area contributed by atoms with E-state index in [0.29, 0.717) is 0 Å². The van der Waals surface area contributed by atoms with Crippen LogP contribution in [-0.4, -0.2) is 29.3 Å². The van der Waals surface area contributed by atoms with Gasteiger partial charge in [0, 0.05) is 47.6 Å². The fourth-order valence-corrected chi connectivity index (χ4v) is 3.86. The molecule has 0 atom stereocenters. The lowest BCUT2D eigenvalue weighted by Gasteiger charge is -2.09. The molecule has 32 heavy (non-hydrogen) atoms. The van der Waals surface area contributed by atoms with Gasteiger partial charge in [-0.05, 0) is 72.8 Å². The molecule has 6 aromatic rings. The van der Waals surface area contributed by atoms with Crippen LogP contribution in [0.1, 0.15) is 0 Å². The third-order valence-corrected chi connectivity index (χ3v) is 5.41. The summed E-state index contributed by atoms with van der Waals surface area (Å²) in [5.41, 5.74) is 6.53. The van der Waals surface area contributed by atoms with E-state index in [4.69, 9.17) is 5.10 Å². The summed E-state index contributed by atoms with van der Waals surface area (Å²) >= 11 is 0. The summed E-state index contributed by atoms with van der Waals surface area (Å²) in [6, 6.07) is 26.2. The highest BCUT2D eigenvalue weighted by atomic mass is 15.3. The standard InChI is InChI=1S/C26H18N6/c1-2-14-28-23(7-1)25-17-24(20-6-3-13-27-18-20)30-32(25)22-10-8-21(9-11-22)31-16-12-19-5-4-15-29-26(19)31/h1-18H. The van der Waals surface area contributed by atoms with Gasteiger partial charge in [-0.2, -0.15) is 5.10 Å². The Morgan fingerprint density at radius 3 is 2.31 bits per heavy atom. The zero-order valence-electron chi connectivity index (χ0n) is 17.1. The number of pyridine rings is 3. The van der Waals surface area contributed by atoms with Crippen LogP contribution in [0, 0.1) is 0 Å². The van der Waals surface area contributed by atoms with E-state index in [1.54, 1.807) is 12.4 Å². The maximum Gasteiger partial charge on any atom is 0.144 e. The van der Waals surface area contributed by atoms with Crippen LogP contribution in [0.4, 0.5) is 0 Å². The molecule has 0 unspecified atom stereocenters. The molecule has 0 N–H and O–H groups in total. The van der Waals surface area contributed by atoms with Crippen LogP contribution in [0.25, 0.3) is 45.1 Å². The zero-order valence-corrected chi connectivity index (χ0v) is 17.1. The van der Waals surface area contributed by atoms with Crippen molar-refractivity contribution < 1.29 is 0 Å². The van der Waals surface area contributed by atoms with Gasteiger partial charge >= 0.3 is 0 Å². The molecular weight excluding hydrogens is 396 g/mol. The molecule has 0 spiro atoms. The van der Waals surface area contributed by atoms with Gasteiger partial charge in [0.05, 0.1) is 22.8 Å². The van der Waals surface area contributed by atoms with E-state index in [1.165, 1.54) is 0 Å². The van der Waals surface area contributed by atoms with Crippen LogP contribution >= 0.6 is 0 Å². The maximum atomic E-state index is 4.89. The van der Waals surface area contributed by atoms with Gasteiger partial charge in [-0.1, -0.05) is 6.07 Å². The first-order valence-electron chi connectivity index (χ1n) is 10.3. The Hall–Kier alpha value is -4.58. The van der Waals surface area contributed by atoms with Crippen LogP contribution in [-0.2, 0) is 0 Å². The molecule has 6 rings (SSSR count). The molecule has 0 radical (unpaired) electrons. The van der Waals surface area contributed by atoms with Crippen LogP contribution in [0.5, 0.6) is 0 Å². The van der Waals surface area contributed by atoms with Crippen molar-refractivity contribution in [2.24, 2.45) is 0 Å². The summed E-state index contributed by atoms with van der Waals surface area (Å²) in [7, 11) is 0. The molecule has 6 nitrogen and oxygen atoms in total. The average Bonchev–Trinajstić information content (AvgIpc) is 3.51. The predicted octanol–water partition coefficient (Wildman–Crippen LogP) is 5.34. The monoisotopic (exact) mass is 414 g/mol. The van der Waals surface area contributed by atoms with E-state index in [2.05, 4.69) is 62.0 Å². The minimum Gasteiger partial charge on any atom is -0.301 e. The molecule has 0 saturated carbocycles. The molecule has 152 valence electrons. The van der Waals surface area contributed by atoms with Gasteiger partial charge in [0.2, 0.25) is 0 Å². The third-order valence-electron chi connectivity index (χ3n) is 5.41. The van der Waals surface area contributed by atoms with Crippen LogP contribution in [0.2, 0.25) is 0 Å². The highest BCUT2D eigenvalue weighted by molar-refractivity contribution is 5.78. The first-order valence-corrected chi connectivity index (χ1v) is 10.3. The summed E-state index contributed by atoms with van der Waals surface area (Å²) in [5, 5.41) is 6.00. The smallest absolute Gasteiger partial charge is 0.144 e. The number of fused-ring (bicyclic) bond motifs is 1. The van der Waals surface area contributed by atoms with Gasteiger partial charge in [-0.25, -0.2) is 9.67 Å². The lowest BCUT2D eigenvalue weighted by Crippen LogP contribution is -2.01. The number of aromatic nitrogens is 6. The Labute approximate surface area is 184 Å². The summed E-state index contributed by atoms with van der Waals surface area (Å²) in [6.45, 7) is 0.